The average Bonchev–Trinajstić information content (AvgIpc) is 2.76. The topological polar surface area (TPSA) is 30.5 Å². The molecule has 1 heterocycles. The molecule has 0 aromatic heterocycles. The van der Waals surface area contributed by atoms with E-state index in [9.17, 15) is 0 Å². The Morgan fingerprint density at radius 2 is 0.844 bits per heavy atom. The molecule has 6 unspecified atom stereocenters. The maximum atomic E-state index is 4.43. The smallest absolute Gasteiger partial charge is 0.0778 e. The summed E-state index contributed by atoms with van der Waals surface area (Å²) in [6.45, 7) is 34.1. The summed E-state index contributed by atoms with van der Waals surface area (Å²) < 4.78 is 0. The summed E-state index contributed by atoms with van der Waals surface area (Å²) in [4.78, 5) is 5.28. The Morgan fingerprint density at radius 3 is 1.06 bits per heavy atom. The number of nitrogens with zero attached hydrogens (tertiary/aromatic N) is 2. The van der Waals surface area contributed by atoms with Crippen LogP contribution < -0.4 is 10.6 Å². The van der Waals surface area contributed by atoms with E-state index in [0.29, 0.717) is 0 Å². The highest BCUT2D eigenvalue weighted by Crippen LogP contribution is 2.18. The number of piperazine rings is 1. The summed E-state index contributed by atoms with van der Waals surface area (Å²) in [5, 5.41) is 7.49. The van der Waals surface area contributed by atoms with E-state index in [-0.39, 0.29) is 12.1 Å². The second-order valence-corrected chi connectivity index (χ2v) is 10.9. The molecule has 1 saturated heterocycles. The maximum absolute atomic E-state index is 4.43. The van der Waals surface area contributed by atoms with Crippen molar-refractivity contribution in [2.45, 2.75) is 93.2 Å². The predicted molar refractivity (Wildman–Crippen MR) is 143 cm³/mol. The first-order chi connectivity index (χ1) is 15.1. The van der Waals surface area contributed by atoms with Crippen molar-refractivity contribution < 1.29 is 0 Å². The molecule has 0 bridgehead atoms. The lowest BCUT2D eigenvalue weighted by Crippen LogP contribution is -2.58. The molecule has 6 atom stereocenters. The van der Waals surface area contributed by atoms with Gasteiger partial charge in [0.05, 0.1) is 12.1 Å². The van der Waals surface area contributed by atoms with Crippen LogP contribution in [0, 0.1) is 23.7 Å². The highest BCUT2D eigenvalue weighted by molar-refractivity contribution is 5.22. The maximum Gasteiger partial charge on any atom is 0.0778 e. The van der Waals surface area contributed by atoms with E-state index in [4.69, 9.17) is 0 Å². The first kappa shape index (κ1) is 29.0. The molecule has 0 radical (unpaired) electrons. The Hall–Kier alpha value is -1.00. The third kappa shape index (κ3) is 10.3. The third-order valence-electron chi connectivity index (χ3n) is 7.51. The zero-order chi connectivity index (χ0) is 24.3. The van der Waals surface area contributed by atoms with E-state index >= 15 is 0 Å². The average molecular weight is 449 g/mol. The largest absolute Gasteiger partial charge is 0.378 e. The zero-order valence-electron chi connectivity index (χ0n) is 22.8. The van der Waals surface area contributed by atoms with Gasteiger partial charge in [-0.3, -0.25) is 0 Å². The van der Waals surface area contributed by atoms with E-state index in [1.165, 1.54) is 25.7 Å². The van der Waals surface area contributed by atoms with E-state index in [1.807, 2.05) is 0 Å². The lowest BCUT2D eigenvalue weighted by Gasteiger charge is -2.41. The van der Waals surface area contributed by atoms with Gasteiger partial charge in [-0.05, 0) is 23.7 Å². The van der Waals surface area contributed by atoms with Crippen LogP contribution in [-0.2, 0) is 0 Å². The van der Waals surface area contributed by atoms with Crippen molar-refractivity contribution >= 4 is 0 Å². The molecule has 2 N–H and O–H groups in total. The molecular weight excluding hydrogens is 392 g/mol. The van der Waals surface area contributed by atoms with Gasteiger partial charge in [0.2, 0.25) is 0 Å². The molecular formula is C28H56N4. The van der Waals surface area contributed by atoms with Crippen LogP contribution >= 0.6 is 0 Å². The minimum Gasteiger partial charge on any atom is -0.378 e. The summed E-state index contributed by atoms with van der Waals surface area (Å²) >= 11 is 0. The van der Waals surface area contributed by atoms with E-state index in [1.54, 1.807) is 0 Å². The molecule has 1 fully saturated rings. The summed E-state index contributed by atoms with van der Waals surface area (Å²) in [6.07, 6.45) is 4.91. The summed E-state index contributed by atoms with van der Waals surface area (Å²) in [5.41, 5.74) is 2.24. The predicted octanol–water partition coefficient (Wildman–Crippen LogP) is 5.73. The monoisotopic (exact) mass is 448 g/mol. The summed E-state index contributed by atoms with van der Waals surface area (Å²) in [5.74, 6) is 2.87. The fourth-order valence-electron chi connectivity index (χ4n) is 4.38. The second-order valence-electron chi connectivity index (χ2n) is 10.9. The van der Waals surface area contributed by atoms with Gasteiger partial charge in [-0.1, -0.05) is 94.2 Å². The number of rotatable bonds is 16. The first-order valence-corrected chi connectivity index (χ1v) is 13.5. The molecule has 0 aromatic carbocycles. The minimum atomic E-state index is 0.226. The zero-order valence-corrected chi connectivity index (χ0v) is 22.8. The highest BCUT2D eigenvalue weighted by Gasteiger charge is 2.29. The van der Waals surface area contributed by atoms with Crippen molar-refractivity contribution in [1.29, 1.82) is 0 Å². The minimum absolute atomic E-state index is 0.226. The van der Waals surface area contributed by atoms with Crippen LogP contribution in [0.15, 0.2) is 24.6 Å². The molecule has 0 saturated carbocycles. The molecule has 32 heavy (non-hydrogen) atoms. The van der Waals surface area contributed by atoms with Gasteiger partial charge >= 0.3 is 0 Å². The fraction of sp³-hybridized carbons (Fsp3) is 0.857. The Bertz CT molecular complexity index is 474. The van der Waals surface area contributed by atoms with Crippen molar-refractivity contribution in [2.75, 3.05) is 39.3 Å². The van der Waals surface area contributed by atoms with Crippen molar-refractivity contribution in [3.8, 4) is 0 Å². The highest BCUT2D eigenvalue weighted by atomic mass is 15.2. The SMILES string of the molecule is C=C1NC(CN(CC(C)CC)CC(C)CC)C(=C)NC1CN(CC(C)CC)CC(C)CC. The van der Waals surface area contributed by atoms with Crippen LogP contribution in [0.5, 0.6) is 0 Å². The Balaban J connectivity index is 2.78. The number of nitrogens with one attached hydrogen (secondary N) is 2. The van der Waals surface area contributed by atoms with Crippen LogP contribution in [0.4, 0.5) is 0 Å². The van der Waals surface area contributed by atoms with Crippen molar-refractivity contribution in [1.82, 2.24) is 20.4 Å². The lowest BCUT2D eigenvalue weighted by atomic mass is 10.0. The summed E-state index contributed by atoms with van der Waals surface area (Å²) in [7, 11) is 0. The number of hydrogen-bond acceptors (Lipinski definition) is 4. The molecule has 1 aliphatic heterocycles. The normalized spacial score (nSPS) is 23.1. The van der Waals surface area contributed by atoms with Crippen LogP contribution in [0.3, 0.4) is 0 Å². The lowest BCUT2D eigenvalue weighted by molar-refractivity contribution is 0.173. The molecule has 1 rings (SSSR count). The van der Waals surface area contributed by atoms with Gasteiger partial charge in [-0.25, -0.2) is 0 Å². The molecule has 188 valence electrons. The molecule has 4 heteroatoms. The molecule has 0 aromatic rings. The van der Waals surface area contributed by atoms with Crippen molar-refractivity contribution in [3.05, 3.63) is 24.6 Å². The Kier molecular flexibility index (Phi) is 13.6. The molecule has 1 aliphatic rings. The van der Waals surface area contributed by atoms with Crippen LogP contribution in [-0.4, -0.2) is 61.2 Å². The van der Waals surface area contributed by atoms with Crippen molar-refractivity contribution in [2.24, 2.45) is 23.7 Å². The molecule has 0 aliphatic carbocycles. The standard InChI is InChI=1S/C28H56N4/c1-11-21(5)15-31(16-22(6)12-2)19-27-25(9)30-28(26(10)29-27)20-32(17-23(7)13-3)18-24(8)14-4/h21-24,27-30H,9-20H2,1-8H3. The van der Waals surface area contributed by atoms with Gasteiger partial charge in [-0.2, -0.15) is 0 Å². The van der Waals surface area contributed by atoms with Gasteiger partial charge in [0.1, 0.15) is 0 Å². The molecule has 4 nitrogen and oxygen atoms in total. The Labute approximate surface area is 201 Å². The molecule has 0 spiro atoms. The van der Waals surface area contributed by atoms with Gasteiger partial charge in [0.25, 0.3) is 0 Å². The Morgan fingerprint density at radius 1 is 0.594 bits per heavy atom. The third-order valence-corrected chi connectivity index (χ3v) is 7.51. The first-order valence-electron chi connectivity index (χ1n) is 13.5. The van der Waals surface area contributed by atoms with E-state index in [0.717, 1.165) is 74.3 Å². The van der Waals surface area contributed by atoms with Crippen LogP contribution in [0.25, 0.3) is 0 Å². The summed E-state index contributed by atoms with van der Waals surface area (Å²) in [6, 6.07) is 0.453. The van der Waals surface area contributed by atoms with Crippen LogP contribution in [0.1, 0.15) is 81.1 Å². The van der Waals surface area contributed by atoms with Gasteiger partial charge in [0.15, 0.2) is 0 Å². The fourth-order valence-corrected chi connectivity index (χ4v) is 4.38. The van der Waals surface area contributed by atoms with E-state index < -0.39 is 0 Å². The quantitative estimate of drug-likeness (QED) is 0.315. The number of hydrogen-bond donors (Lipinski definition) is 2. The van der Waals surface area contributed by atoms with Gasteiger partial charge in [-0.15, -0.1) is 0 Å². The molecule has 0 amide bonds. The van der Waals surface area contributed by atoms with Gasteiger partial charge < -0.3 is 20.4 Å². The van der Waals surface area contributed by atoms with E-state index in [2.05, 4.69) is 89.0 Å². The second kappa shape index (κ2) is 15.0. The van der Waals surface area contributed by atoms with Crippen molar-refractivity contribution in [3.63, 3.8) is 0 Å². The van der Waals surface area contributed by atoms with Crippen LogP contribution in [0.2, 0.25) is 0 Å². The van der Waals surface area contributed by atoms with Gasteiger partial charge in [0, 0.05) is 50.7 Å².